The van der Waals surface area contributed by atoms with E-state index in [1.54, 1.807) is 0 Å². The average molecular weight is 873 g/mol. The standard InChI is InChI=1S/C50H98NO8P/c1-6-8-10-12-14-16-18-20-22-24-25-27-29-31-33-35-37-39-41-43-50(53)59-48(47-58-60(54,55)57-45-44-51(3,4)5)46-56-49(52)42-40-38-36-34-32-30-28-26-23-21-19-17-15-13-11-9-7-2/h21,23,48H,6-20,22,24-47H2,1-5H3/p+1/b23-21+/t48-/m1/s1. The Bertz CT molecular complexity index is 1030. The summed E-state index contributed by atoms with van der Waals surface area (Å²) in [6.07, 6.45) is 46.8. The van der Waals surface area contributed by atoms with Crippen molar-refractivity contribution in [2.75, 3.05) is 47.5 Å². The van der Waals surface area contributed by atoms with Crippen molar-refractivity contribution in [3.63, 3.8) is 0 Å². The highest BCUT2D eigenvalue weighted by atomic mass is 31.2. The number of ether oxygens (including phenoxy) is 2. The van der Waals surface area contributed by atoms with Crippen molar-refractivity contribution in [1.29, 1.82) is 0 Å². The molecule has 0 saturated heterocycles. The van der Waals surface area contributed by atoms with Crippen molar-refractivity contribution >= 4 is 19.8 Å². The van der Waals surface area contributed by atoms with Gasteiger partial charge in [-0.3, -0.25) is 18.6 Å². The Morgan fingerprint density at radius 3 is 1.23 bits per heavy atom. The number of likely N-dealkylation sites (N-methyl/N-ethyl adjacent to an activating group) is 1. The van der Waals surface area contributed by atoms with Gasteiger partial charge in [-0.1, -0.05) is 206 Å². The van der Waals surface area contributed by atoms with Gasteiger partial charge >= 0.3 is 19.8 Å². The molecule has 0 rings (SSSR count). The van der Waals surface area contributed by atoms with Crippen LogP contribution in [0, 0.1) is 0 Å². The zero-order chi connectivity index (χ0) is 44.3. The van der Waals surface area contributed by atoms with Crippen LogP contribution in [0.3, 0.4) is 0 Å². The molecule has 0 amide bonds. The van der Waals surface area contributed by atoms with Gasteiger partial charge in [-0.25, -0.2) is 4.57 Å². The highest BCUT2D eigenvalue weighted by Gasteiger charge is 2.27. The second-order valence-corrected chi connectivity index (χ2v) is 20.0. The minimum atomic E-state index is -4.37. The van der Waals surface area contributed by atoms with Crippen LogP contribution in [0.1, 0.15) is 245 Å². The summed E-state index contributed by atoms with van der Waals surface area (Å²) in [5, 5.41) is 0. The molecule has 2 atom stereocenters. The maximum absolute atomic E-state index is 12.7. The third-order valence-electron chi connectivity index (χ3n) is 11.3. The van der Waals surface area contributed by atoms with E-state index in [1.807, 2.05) is 21.1 Å². The number of allylic oxidation sites excluding steroid dienone is 2. The Balaban J connectivity index is 4.23. The molecule has 0 radical (unpaired) electrons. The number of unbranched alkanes of at least 4 members (excludes halogenated alkanes) is 31. The fraction of sp³-hybridized carbons (Fsp3) is 0.920. The lowest BCUT2D eigenvalue weighted by molar-refractivity contribution is -0.870. The normalized spacial score (nSPS) is 13.5. The van der Waals surface area contributed by atoms with Crippen LogP contribution in [0.25, 0.3) is 0 Å². The van der Waals surface area contributed by atoms with Crippen LogP contribution in [-0.2, 0) is 32.7 Å². The maximum atomic E-state index is 12.7. The highest BCUT2D eigenvalue weighted by molar-refractivity contribution is 7.47. The number of esters is 2. The van der Waals surface area contributed by atoms with Crippen molar-refractivity contribution < 1.29 is 42.1 Å². The molecule has 0 heterocycles. The maximum Gasteiger partial charge on any atom is 0.472 e. The number of carbonyl (C=O) groups is 2. The molecule has 0 spiro atoms. The number of phosphoric acid groups is 1. The summed E-state index contributed by atoms with van der Waals surface area (Å²) < 4.78 is 34.4. The SMILES string of the molecule is CCCCCCCC/C=C/CCCCCCCCCC(=O)OC[C@H](COP(=O)(O)OCC[N+](C)(C)C)OC(=O)CCCCCCCCCCCCCCCCCCCCC. The average Bonchev–Trinajstić information content (AvgIpc) is 3.20. The lowest BCUT2D eigenvalue weighted by Crippen LogP contribution is -2.37. The first-order valence-corrected chi connectivity index (χ1v) is 26.9. The van der Waals surface area contributed by atoms with E-state index < -0.39 is 26.5 Å². The molecule has 0 saturated carbocycles. The van der Waals surface area contributed by atoms with E-state index in [0.29, 0.717) is 17.4 Å². The Kier molecular flexibility index (Phi) is 42.1. The zero-order valence-corrected chi connectivity index (χ0v) is 41.1. The zero-order valence-electron chi connectivity index (χ0n) is 40.2. The van der Waals surface area contributed by atoms with E-state index in [-0.39, 0.29) is 32.0 Å². The van der Waals surface area contributed by atoms with E-state index in [1.165, 1.54) is 180 Å². The number of quaternary nitrogens is 1. The van der Waals surface area contributed by atoms with Crippen molar-refractivity contribution in [1.82, 2.24) is 0 Å². The van der Waals surface area contributed by atoms with Gasteiger partial charge in [-0.15, -0.1) is 0 Å². The molecule has 356 valence electrons. The lowest BCUT2D eigenvalue weighted by Gasteiger charge is -2.24. The Hall–Kier alpha value is -1.25. The minimum Gasteiger partial charge on any atom is -0.462 e. The summed E-state index contributed by atoms with van der Waals surface area (Å²) in [6.45, 7) is 4.46. The Morgan fingerprint density at radius 1 is 0.500 bits per heavy atom. The molecule has 0 aliphatic carbocycles. The molecule has 1 N–H and O–H groups in total. The second-order valence-electron chi connectivity index (χ2n) is 18.6. The molecule has 9 nitrogen and oxygen atoms in total. The van der Waals surface area contributed by atoms with Crippen LogP contribution < -0.4 is 0 Å². The van der Waals surface area contributed by atoms with Gasteiger partial charge in [0.25, 0.3) is 0 Å². The van der Waals surface area contributed by atoms with Crippen LogP contribution in [0.4, 0.5) is 0 Å². The fourth-order valence-electron chi connectivity index (χ4n) is 7.31. The van der Waals surface area contributed by atoms with Gasteiger partial charge in [0.05, 0.1) is 27.7 Å². The van der Waals surface area contributed by atoms with Gasteiger partial charge in [0.2, 0.25) is 0 Å². The molecule has 0 bridgehead atoms. The van der Waals surface area contributed by atoms with E-state index in [9.17, 15) is 19.0 Å². The van der Waals surface area contributed by atoms with E-state index >= 15 is 0 Å². The van der Waals surface area contributed by atoms with Crippen LogP contribution in [0.5, 0.6) is 0 Å². The molecule has 0 aromatic rings. The van der Waals surface area contributed by atoms with Gasteiger partial charge in [0.15, 0.2) is 6.10 Å². The van der Waals surface area contributed by atoms with Crippen molar-refractivity contribution in [2.24, 2.45) is 0 Å². The molecule has 0 aliphatic heterocycles. The van der Waals surface area contributed by atoms with Gasteiger partial charge in [-0.05, 0) is 38.5 Å². The first-order chi connectivity index (χ1) is 29.0. The molecule has 1 unspecified atom stereocenters. The Morgan fingerprint density at radius 2 is 0.850 bits per heavy atom. The van der Waals surface area contributed by atoms with Crippen molar-refractivity contribution in [2.45, 2.75) is 251 Å². The summed E-state index contributed by atoms with van der Waals surface area (Å²) in [7, 11) is 1.49. The predicted molar refractivity (Wildman–Crippen MR) is 252 cm³/mol. The first kappa shape index (κ1) is 58.8. The molecule has 0 aliphatic rings. The van der Waals surface area contributed by atoms with Gasteiger partial charge in [0, 0.05) is 12.8 Å². The molecule has 0 aromatic heterocycles. The minimum absolute atomic E-state index is 0.0345. The predicted octanol–water partition coefficient (Wildman–Crippen LogP) is 14.9. The number of rotatable bonds is 47. The van der Waals surface area contributed by atoms with Crippen molar-refractivity contribution in [3.05, 3.63) is 12.2 Å². The van der Waals surface area contributed by atoms with Crippen LogP contribution in [-0.4, -0.2) is 74.9 Å². The summed E-state index contributed by atoms with van der Waals surface area (Å²) in [4.78, 5) is 35.5. The number of hydrogen-bond acceptors (Lipinski definition) is 7. The van der Waals surface area contributed by atoms with Crippen LogP contribution >= 0.6 is 7.82 Å². The molecular weight excluding hydrogens is 774 g/mol. The largest absolute Gasteiger partial charge is 0.472 e. The molecule has 10 heteroatoms. The third-order valence-corrected chi connectivity index (χ3v) is 12.3. The smallest absolute Gasteiger partial charge is 0.462 e. The van der Waals surface area contributed by atoms with E-state index in [4.69, 9.17) is 18.5 Å². The molecule has 0 fully saturated rings. The molecular formula is C50H99NO8P+. The van der Waals surface area contributed by atoms with E-state index in [0.717, 1.165) is 32.1 Å². The summed E-state index contributed by atoms with van der Waals surface area (Å²) in [5.74, 6) is -0.788. The molecule has 60 heavy (non-hydrogen) atoms. The first-order valence-electron chi connectivity index (χ1n) is 25.4. The summed E-state index contributed by atoms with van der Waals surface area (Å²) in [6, 6.07) is 0. The Labute approximate surface area is 371 Å². The number of carbonyl (C=O) groups excluding carboxylic acids is 2. The summed E-state index contributed by atoms with van der Waals surface area (Å²) in [5.41, 5.74) is 0. The molecule has 0 aromatic carbocycles. The van der Waals surface area contributed by atoms with Gasteiger partial charge in [0.1, 0.15) is 19.8 Å². The highest BCUT2D eigenvalue weighted by Crippen LogP contribution is 2.43. The van der Waals surface area contributed by atoms with Gasteiger partial charge < -0.3 is 18.9 Å². The number of nitrogens with zero attached hydrogens (tertiary/aromatic N) is 1. The van der Waals surface area contributed by atoms with Gasteiger partial charge in [-0.2, -0.15) is 0 Å². The van der Waals surface area contributed by atoms with E-state index in [2.05, 4.69) is 26.0 Å². The third kappa shape index (κ3) is 46.3. The topological polar surface area (TPSA) is 108 Å². The van der Waals surface area contributed by atoms with Crippen LogP contribution in [0.2, 0.25) is 0 Å². The summed E-state index contributed by atoms with van der Waals surface area (Å²) >= 11 is 0. The lowest BCUT2D eigenvalue weighted by atomic mass is 10.0. The van der Waals surface area contributed by atoms with Crippen molar-refractivity contribution in [3.8, 4) is 0 Å². The number of phosphoric ester groups is 1. The fourth-order valence-corrected chi connectivity index (χ4v) is 8.05. The quantitative estimate of drug-likeness (QED) is 0.0212. The second kappa shape index (κ2) is 43.0. The number of hydrogen-bond donors (Lipinski definition) is 1. The monoisotopic (exact) mass is 873 g/mol. The van der Waals surface area contributed by atoms with Crippen LogP contribution in [0.15, 0.2) is 12.2 Å².